The van der Waals surface area contributed by atoms with Crippen LogP contribution >= 0.6 is 11.3 Å². The standard InChI is InChI=1S/C17H24N2OS/c1-11(5-6-15-7-9-16(20)10-8-15)18-12(2)17-13(3)19-14(4)21-17/h7-12,18,20H,5-6H2,1-4H3. The number of aryl methyl sites for hydroxylation is 3. The predicted octanol–water partition coefficient (Wildman–Crippen LogP) is 4.14. The third-order valence-corrected chi connectivity index (χ3v) is 4.93. The van der Waals surface area contributed by atoms with Crippen molar-refractivity contribution in [3.8, 4) is 5.75 Å². The van der Waals surface area contributed by atoms with Crippen molar-refractivity contribution in [3.05, 3.63) is 45.4 Å². The molecule has 0 aliphatic carbocycles. The number of nitrogens with one attached hydrogen (secondary N) is 1. The van der Waals surface area contributed by atoms with E-state index in [2.05, 4.69) is 38.0 Å². The number of hydrogen-bond donors (Lipinski definition) is 2. The Morgan fingerprint density at radius 3 is 2.43 bits per heavy atom. The van der Waals surface area contributed by atoms with Crippen LogP contribution in [0.25, 0.3) is 0 Å². The molecule has 2 atom stereocenters. The fourth-order valence-electron chi connectivity index (χ4n) is 2.58. The van der Waals surface area contributed by atoms with E-state index in [1.54, 1.807) is 23.5 Å². The zero-order valence-electron chi connectivity index (χ0n) is 13.2. The number of nitrogens with zero attached hydrogens (tertiary/aromatic N) is 1. The molecule has 1 aromatic carbocycles. The normalized spacial score (nSPS) is 14.1. The second kappa shape index (κ2) is 7.05. The van der Waals surface area contributed by atoms with Crippen LogP contribution in [0.3, 0.4) is 0 Å². The first-order valence-electron chi connectivity index (χ1n) is 7.43. The van der Waals surface area contributed by atoms with Crippen LogP contribution in [0, 0.1) is 13.8 Å². The predicted molar refractivity (Wildman–Crippen MR) is 89.0 cm³/mol. The third-order valence-electron chi connectivity index (χ3n) is 3.67. The number of aromatic hydroxyl groups is 1. The molecule has 2 N–H and O–H groups in total. The number of benzene rings is 1. The molecule has 0 saturated carbocycles. The lowest BCUT2D eigenvalue weighted by Crippen LogP contribution is -2.29. The van der Waals surface area contributed by atoms with Gasteiger partial charge in [0, 0.05) is 17.0 Å². The molecule has 2 rings (SSSR count). The van der Waals surface area contributed by atoms with E-state index in [0.717, 1.165) is 23.5 Å². The van der Waals surface area contributed by atoms with Crippen molar-refractivity contribution >= 4 is 11.3 Å². The molecule has 0 bridgehead atoms. The second-order valence-corrected chi connectivity index (χ2v) is 6.91. The molecule has 21 heavy (non-hydrogen) atoms. The van der Waals surface area contributed by atoms with Gasteiger partial charge in [0.15, 0.2) is 0 Å². The Hall–Kier alpha value is -1.39. The van der Waals surface area contributed by atoms with E-state index in [1.165, 1.54) is 10.4 Å². The van der Waals surface area contributed by atoms with Crippen molar-refractivity contribution in [1.82, 2.24) is 10.3 Å². The number of rotatable bonds is 6. The van der Waals surface area contributed by atoms with Gasteiger partial charge in [-0.25, -0.2) is 4.98 Å². The van der Waals surface area contributed by atoms with Gasteiger partial charge in [-0.15, -0.1) is 11.3 Å². The molecule has 0 fully saturated rings. The van der Waals surface area contributed by atoms with Crippen LogP contribution in [-0.2, 0) is 6.42 Å². The average molecular weight is 304 g/mol. The number of thiazole rings is 1. The molecule has 0 saturated heterocycles. The van der Waals surface area contributed by atoms with Gasteiger partial charge < -0.3 is 10.4 Å². The molecule has 0 radical (unpaired) electrons. The summed E-state index contributed by atoms with van der Waals surface area (Å²) >= 11 is 1.78. The maximum absolute atomic E-state index is 9.29. The Bertz CT molecular complexity index is 577. The molecule has 3 nitrogen and oxygen atoms in total. The molecule has 1 aromatic heterocycles. The minimum Gasteiger partial charge on any atom is -0.508 e. The Kier molecular flexibility index (Phi) is 5.37. The van der Waals surface area contributed by atoms with Crippen LogP contribution in [0.2, 0.25) is 0 Å². The summed E-state index contributed by atoms with van der Waals surface area (Å²) in [6, 6.07) is 8.25. The largest absolute Gasteiger partial charge is 0.508 e. The second-order valence-electron chi connectivity index (χ2n) is 5.68. The highest BCUT2D eigenvalue weighted by molar-refractivity contribution is 7.11. The first-order valence-corrected chi connectivity index (χ1v) is 8.25. The van der Waals surface area contributed by atoms with Gasteiger partial charge in [0.2, 0.25) is 0 Å². The van der Waals surface area contributed by atoms with Gasteiger partial charge in [0.1, 0.15) is 5.75 Å². The quantitative estimate of drug-likeness (QED) is 0.843. The van der Waals surface area contributed by atoms with Crippen LogP contribution in [-0.4, -0.2) is 16.1 Å². The topological polar surface area (TPSA) is 45.2 Å². The summed E-state index contributed by atoms with van der Waals surface area (Å²) < 4.78 is 0. The number of phenolic OH excluding ortho intramolecular Hbond substituents is 1. The Morgan fingerprint density at radius 2 is 1.86 bits per heavy atom. The van der Waals surface area contributed by atoms with Crippen LogP contribution in [0.15, 0.2) is 24.3 Å². The SMILES string of the molecule is Cc1nc(C)c(C(C)NC(C)CCc2ccc(O)cc2)s1. The molecule has 2 unspecified atom stereocenters. The van der Waals surface area contributed by atoms with Crippen molar-refractivity contribution in [2.75, 3.05) is 0 Å². The van der Waals surface area contributed by atoms with Gasteiger partial charge in [-0.3, -0.25) is 0 Å². The van der Waals surface area contributed by atoms with E-state index < -0.39 is 0 Å². The number of phenols is 1. The van der Waals surface area contributed by atoms with E-state index >= 15 is 0 Å². The molecular weight excluding hydrogens is 280 g/mol. The van der Waals surface area contributed by atoms with Crippen molar-refractivity contribution in [1.29, 1.82) is 0 Å². The molecule has 0 spiro atoms. The fourth-order valence-corrected chi connectivity index (χ4v) is 3.52. The van der Waals surface area contributed by atoms with E-state index in [1.807, 2.05) is 12.1 Å². The van der Waals surface area contributed by atoms with Crippen molar-refractivity contribution in [3.63, 3.8) is 0 Å². The maximum Gasteiger partial charge on any atom is 0.115 e. The molecule has 114 valence electrons. The van der Waals surface area contributed by atoms with Crippen molar-refractivity contribution in [2.24, 2.45) is 0 Å². The molecular formula is C17H24N2OS. The van der Waals surface area contributed by atoms with Crippen LogP contribution in [0.1, 0.15) is 47.5 Å². The van der Waals surface area contributed by atoms with Crippen LogP contribution in [0.4, 0.5) is 0 Å². The van der Waals surface area contributed by atoms with E-state index in [-0.39, 0.29) is 0 Å². The minimum absolute atomic E-state index is 0.328. The van der Waals surface area contributed by atoms with Gasteiger partial charge >= 0.3 is 0 Å². The molecule has 4 heteroatoms. The Morgan fingerprint density at radius 1 is 1.19 bits per heavy atom. The van der Waals surface area contributed by atoms with Crippen LogP contribution in [0.5, 0.6) is 5.75 Å². The van der Waals surface area contributed by atoms with Gasteiger partial charge in [0.05, 0.1) is 10.7 Å². The lowest BCUT2D eigenvalue weighted by atomic mass is 10.1. The summed E-state index contributed by atoms with van der Waals surface area (Å²) in [5.74, 6) is 0.328. The molecule has 1 heterocycles. The summed E-state index contributed by atoms with van der Waals surface area (Å²) in [7, 11) is 0. The van der Waals surface area contributed by atoms with Crippen molar-refractivity contribution in [2.45, 2.75) is 52.6 Å². The molecule has 0 aliphatic rings. The summed E-state index contributed by atoms with van der Waals surface area (Å²) in [5.41, 5.74) is 2.40. The first kappa shape index (κ1) is 16.0. The maximum atomic E-state index is 9.29. The lowest BCUT2D eigenvalue weighted by Gasteiger charge is -2.19. The summed E-state index contributed by atoms with van der Waals surface area (Å²) in [4.78, 5) is 5.83. The van der Waals surface area contributed by atoms with E-state index in [0.29, 0.717) is 17.8 Å². The first-order chi connectivity index (χ1) is 9.95. The third kappa shape index (κ3) is 4.55. The Labute approximate surface area is 131 Å². The van der Waals surface area contributed by atoms with Gasteiger partial charge in [-0.05, 0) is 58.2 Å². The highest BCUT2D eigenvalue weighted by Crippen LogP contribution is 2.25. The Balaban J connectivity index is 1.85. The summed E-state index contributed by atoms with van der Waals surface area (Å²) in [6.07, 6.45) is 2.09. The van der Waals surface area contributed by atoms with Crippen LogP contribution < -0.4 is 5.32 Å². The van der Waals surface area contributed by atoms with E-state index in [9.17, 15) is 5.11 Å². The average Bonchev–Trinajstić information content (AvgIpc) is 2.77. The molecule has 0 aliphatic heterocycles. The van der Waals surface area contributed by atoms with Gasteiger partial charge in [-0.1, -0.05) is 12.1 Å². The van der Waals surface area contributed by atoms with Crippen molar-refractivity contribution < 1.29 is 5.11 Å². The molecule has 2 aromatic rings. The number of hydrogen-bond acceptors (Lipinski definition) is 4. The zero-order chi connectivity index (χ0) is 15.4. The van der Waals surface area contributed by atoms with Gasteiger partial charge in [-0.2, -0.15) is 0 Å². The van der Waals surface area contributed by atoms with Gasteiger partial charge in [0.25, 0.3) is 0 Å². The lowest BCUT2D eigenvalue weighted by molar-refractivity contribution is 0.458. The number of aromatic nitrogens is 1. The highest BCUT2D eigenvalue weighted by Gasteiger charge is 2.15. The summed E-state index contributed by atoms with van der Waals surface area (Å²) in [5, 5.41) is 14.1. The molecule has 0 amide bonds. The smallest absolute Gasteiger partial charge is 0.115 e. The summed E-state index contributed by atoms with van der Waals surface area (Å²) in [6.45, 7) is 8.57. The van der Waals surface area contributed by atoms with E-state index in [4.69, 9.17) is 0 Å². The highest BCUT2D eigenvalue weighted by atomic mass is 32.1. The minimum atomic E-state index is 0.328. The monoisotopic (exact) mass is 304 g/mol. The zero-order valence-corrected chi connectivity index (χ0v) is 14.0. The fraction of sp³-hybridized carbons (Fsp3) is 0.471.